The van der Waals surface area contributed by atoms with Gasteiger partial charge in [0.1, 0.15) is 6.61 Å². The van der Waals surface area contributed by atoms with E-state index in [2.05, 4.69) is 47.7 Å². The summed E-state index contributed by atoms with van der Waals surface area (Å²) in [4.78, 5) is 26.3. The maximum absolute atomic E-state index is 12.8. The zero-order valence-corrected chi connectivity index (χ0v) is 21.4. The predicted octanol–water partition coefficient (Wildman–Crippen LogP) is 6.04. The van der Waals surface area contributed by atoms with Gasteiger partial charge in [-0.1, -0.05) is 65.0 Å². The first-order valence-electron chi connectivity index (χ1n) is 11.6. The standard InChI is InChI=1S/C25H41NO4Si/c1-19(15-20(2)17-30-31(6,7)25(3,4)5)13-14-23(27)26-22(18-29-24(26)28)16-21-11-9-8-10-12-21/h8-12,19-20,22H,13-18H2,1-7H3/t19-,20-,22+/m1/s1. The highest BCUT2D eigenvalue weighted by Crippen LogP contribution is 2.37. The summed E-state index contributed by atoms with van der Waals surface area (Å²) in [5.41, 5.74) is 1.10. The van der Waals surface area contributed by atoms with E-state index in [1.165, 1.54) is 4.90 Å². The normalized spacial score (nSPS) is 19.3. The zero-order valence-electron chi connectivity index (χ0n) is 20.4. The summed E-state index contributed by atoms with van der Waals surface area (Å²) in [6, 6.07) is 9.71. The van der Waals surface area contributed by atoms with Crippen LogP contribution in [0.1, 0.15) is 59.4 Å². The van der Waals surface area contributed by atoms with E-state index < -0.39 is 14.4 Å². The topological polar surface area (TPSA) is 55.8 Å². The molecular formula is C25H41NO4Si. The number of nitrogens with zero attached hydrogens (tertiary/aromatic N) is 1. The van der Waals surface area contributed by atoms with E-state index in [0.717, 1.165) is 25.0 Å². The second-order valence-corrected chi connectivity index (χ2v) is 15.5. The van der Waals surface area contributed by atoms with Crippen LogP contribution in [0.4, 0.5) is 4.79 Å². The Balaban J connectivity index is 1.80. The van der Waals surface area contributed by atoms with Gasteiger partial charge in [0.05, 0.1) is 6.04 Å². The van der Waals surface area contributed by atoms with Gasteiger partial charge in [0.15, 0.2) is 8.32 Å². The molecule has 1 aromatic rings. The monoisotopic (exact) mass is 447 g/mol. The fraction of sp³-hybridized carbons (Fsp3) is 0.680. The lowest BCUT2D eigenvalue weighted by Crippen LogP contribution is -2.41. The second-order valence-electron chi connectivity index (χ2n) is 10.7. The van der Waals surface area contributed by atoms with Crippen LogP contribution in [0, 0.1) is 11.8 Å². The average Bonchev–Trinajstić information content (AvgIpc) is 3.04. The fourth-order valence-corrected chi connectivity index (χ4v) is 4.87. The minimum Gasteiger partial charge on any atom is -0.447 e. The number of hydrogen-bond acceptors (Lipinski definition) is 4. The van der Waals surface area contributed by atoms with Crippen LogP contribution in [-0.2, 0) is 20.4 Å². The number of carbonyl (C=O) groups excluding carboxylic acids is 2. The van der Waals surface area contributed by atoms with Crippen LogP contribution in [0.5, 0.6) is 0 Å². The minimum absolute atomic E-state index is 0.125. The molecule has 0 saturated carbocycles. The first-order chi connectivity index (χ1) is 14.4. The van der Waals surface area contributed by atoms with Gasteiger partial charge in [0, 0.05) is 13.0 Å². The molecule has 1 saturated heterocycles. The van der Waals surface area contributed by atoms with Crippen LogP contribution in [-0.4, -0.2) is 44.5 Å². The molecule has 5 nitrogen and oxygen atoms in total. The number of rotatable bonds is 10. The van der Waals surface area contributed by atoms with Gasteiger partial charge >= 0.3 is 6.09 Å². The Morgan fingerprint density at radius 3 is 2.45 bits per heavy atom. The van der Waals surface area contributed by atoms with Crippen molar-refractivity contribution in [2.75, 3.05) is 13.2 Å². The average molecular weight is 448 g/mol. The van der Waals surface area contributed by atoms with Crippen LogP contribution >= 0.6 is 0 Å². The summed E-state index contributed by atoms with van der Waals surface area (Å²) in [6.45, 7) is 16.8. The molecule has 0 spiro atoms. The number of carbonyl (C=O) groups is 2. The van der Waals surface area contributed by atoms with Crippen LogP contribution in [0.15, 0.2) is 30.3 Å². The molecule has 1 heterocycles. The molecule has 1 aliphatic rings. The zero-order chi connectivity index (χ0) is 23.2. The number of hydrogen-bond donors (Lipinski definition) is 0. The van der Waals surface area contributed by atoms with Gasteiger partial charge in [-0.05, 0) is 54.8 Å². The molecule has 1 aromatic carbocycles. The third kappa shape index (κ3) is 7.46. The SMILES string of the molecule is C[C@H](CCC(=O)N1C(=O)OC[C@@H]1Cc1ccccc1)C[C@@H](C)CO[Si](C)(C)C(C)(C)C. The lowest BCUT2D eigenvalue weighted by atomic mass is 9.93. The molecule has 1 fully saturated rings. The largest absolute Gasteiger partial charge is 0.447 e. The quantitative estimate of drug-likeness (QED) is 0.410. The van der Waals surface area contributed by atoms with Gasteiger partial charge < -0.3 is 9.16 Å². The highest BCUT2D eigenvalue weighted by atomic mass is 28.4. The van der Waals surface area contributed by atoms with Crippen LogP contribution in [0.25, 0.3) is 0 Å². The number of amides is 2. The summed E-state index contributed by atoms with van der Waals surface area (Å²) >= 11 is 0. The molecule has 1 aliphatic heterocycles. The van der Waals surface area contributed by atoms with E-state index in [1.807, 2.05) is 30.3 Å². The number of cyclic esters (lactones) is 1. The smallest absolute Gasteiger partial charge is 0.416 e. The highest BCUT2D eigenvalue weighted by molar-refractivity contribution is 6.74. The molecule has 0 unspecified atom stereocenters. The molecular weight excluding hydrogens is 406 g/mol. The fourth-order valence-electron chi connectivity index (χ4n) is 3.73. The molecule has 6 heteroatoms. The Bertz CT molecular complexity index is 729. The molecule has 174 valence electrons. The maximum Gasteiger partial charge on any atom is 0.416 e. The molecule has 3 atom stereocenters. The summed E-state index contributed by atoms with van der Waals surface area (Å²) in [7, 11) is -1.73. The molecule has 0 bridgehead atoms. The van der Waals surface area contributed by atoms with Crippen molar-refractivity contribution >= 4 is 20.3 Å². The van der Waals surface area contributed by atoms with E-state index in [1.54, 1.807) is 0 Å². The summed E-state index contributed by atoms with van der Waals surface area (Å²) in [5.74, 6) is 0.718. The molecule has 2 rings (SSSR count). The Hall–Kier alpha value is -1.66. The summed E-state index contributed by atoms with van der Waals surface area (Å²) < 4.78 is 11.5. The van der Waals surface area contributed by atoms with Crippen molar-refractivity contribution in [3.05, 3.63) is 35.9 Å². The highest BCUT2D eigenvalue weighted by Gasteiger charge is 2.38. The van der Waals surface area contributed by atoms with Crippen molar-refractivity contribution in [1.29, 1.82) is 0 Å². The van der Waals surface area contributed by atoms with Crippen LogP contribution < -0.4 is 0 Å². The van der Waals surface area contributed by atoms with Gasteiger partial charge in [0.2, 0.25) is 5.91 Å². The third-order valence-corrected chi connectivity index (χ3v) is 11.2. The number of ether oxygens (including phenoxy) is 1. The van der Waals surface area contributed by atoms with Crippen LogP contribution in [0.2, 0.25) is 18.1 Å². The van der Waals surface area contributed by atoms with E-state index in [0.29, 0.717) is 24.7 Å². The van der Waals surface area contributed by atoms with Gasteiger partial charge in [-0.25, -0.2) is 9.69 Å². The first kappa shape index (κ1) is 25.6. The Labute approximate surface area is 189 Å². The number of imide groups is 1. The van der Waals surface area contributed by atoms with E-state index in [-0.39, 0.29) is 23.6 Å². The number of benzene rings is 1. The Morgan fingerprint density at radius 2 is 1.84 bits per heavy atom. The summed E-state index contributed by atoms with van der Waals surface area (Å²) in [5, 5.41) is 0.214. The lowest BCUT2D eigenvalue weighted by molar-refractivity contribution is -0.129. The third-order valence-electron chi connectivity index (χ3n) is 6.73. The van der Waals surface area contributed by atoms with Crippen molar-refractivity contribution in [3.8, 4) is 0 Å². The minimum atomic E-state index is -1.73. The van der Waals surface area contributed by atoms with Gasteiger partial charge in [-0.3, -0.25) is 4.79 Å². The Kier molecular flexibility index (Phi) is 8.89. The predicted molar refractivity (Wildman–Crippen MR) is 127 cm³/mol. The van der Waals surface area contributed by atoms with E-state index >= 15 is 0 Å². The van der Waals surface area contributed by atoms with Crippen molar-refractivity contribution < 1.29 is 18.8 Å². The molecule has 31 heavy (non-hydrogen) atoms. The molecule has 2 amide bonds. The second kappa shape index (κ2) is 10.8. The summed E-state index contributed by atoms with van der Waals surface area (Å²) in [6.07, 6.45) is 2.28. The van der Waals surface area contributed by atoms with Crippen molar-refractivity contribution in [3.63, 3.8) is 0 Å². The molecule has 0 radical (unpaired) electrons. The van der Waals surface area contributed by atoms with E-state index in [4.69, 9.17) is 9.16 Å². The van der Waals surface area contributed by atoms with Crippen LogP contribution in [0.3, 0.4) is 0 Å². The lowest BCUT2D eigenvalue weighted by Gasteiger charge is -2.37. The van der Waals surface area contributed by atoms with E-state index in [9.17, 15) is 9.59 Å². The van der Waals surface area contributed by atoms with Crippen molar-refractivity contribution in [2.24, 2.45) is 11.8 Å². The molecule has 0 aliphatic carbocycles. The maximum atomic E-state index is 12.8. The van der Waals surface area contributed by atoms with Gasteiger partial charge in [-0.15, -0.1) is 0 Å². The Morgan fingerprint density at radius 1 is 1.19 bits per heavy atom. The van der Waals surface area contributed by atoms with Crippen molar-refractivity contribution in [2.45, 2.75) is 84.5 Å². The van der Waals surface area contributed by atoms with Crippen molar-refractivity contribution in [1.82, 2.24) is 4.90 Å². The van der Waals surface area contributed by atoms with Gasteiger partial charge in [-0.2, -0.15) is 0 Å². The first-order valence-corrected chi connectivity index (χ1v) is 14.5. The molecule has 0 N–H and O–H groups in total. The van der Waals surface area contributed by atoms with Gasteiger partial charge in [0.25, 0.3) is 0 Å². The molecule has 0 aromatic heterocycles.